The molecule has 4 rings (SSSR count). The van der Waals surface area contributed by atoms with Crippen molar-refractivity contribution in [2.24, 2.45) is 0 Å². The molecule has 0 spiro atoms. The maximum absolute atomic E-state index is 5.47. The van der Waals surface area contributed by atoms with Crippen LogP contribution in [0.3, 0.4) is 0 Å². The molecule has 1 aromatic heterocycles. The molecule has 2 N–H and O–H groups in total. The minimum absolute atomic E-state index is 0.287. The molecule has 1 unspecified atom stereocenters. The van der Waals surface area contributed by atoms with Gasteiger partial charge in [-0.3, -0.25) is 10.00 Å². The van der Waals surface area contributed by atoms with Gasteiger partial charge in [0.2, 0.25) is 6.79 Å². The van der Waals surface area contributed by atoms with Crippen molar-refractivity contribution in [3.05, 3.63) is 30.0 Å². The second-order valence-electron chi connectivity index (χ2n) is 6.47. The molecule has 0 bridgehead atoms. The molecule has 0 radical (unpaired) electrons. The molecule has 7 heteroatoms. The Morgan fingerprint density at radius 1 is 1.24 bits per heavy atom. The zero-order valence-electron chi connectivity index (χ0n) is 14.5. The first-order valence-electron chi connectivity index (χ1n) is 8.76. The maximum Gasteiger partial charge on any atom is 0.231 e. The number of aromatic nitrogens is 2. The molecule has 1 aromatic carbocycles. The fourth-order valence-corrected chi connectivity index (χ4v) is 3.31. The number of ether oxygens (including phenoxy) is 3. The quantitative estimate of drug-likeness (QED) is 0.830. The van der Waals surface area contributed by atoms with Crippen LogP contribution in [-0.2, 0) is 11.3 Å². The first-order chi connectivity index (χ1) is 12.3. The number of nitrogens with one attached hydrogen (secondary N) is 2. The number of benzene rings is 1. The van der Waals surface area contributed by atoms with Gasteiger partial charge in [-0.05, 0) is 25.1 Å². The highest BCUT2D eigenvalue weighted by molar-refractivity contribution is 5.66. The van der Waals surface area contributed by atoms with Gasteiger partial charge >= 0.3 is 0 Å². The number of morpholine rings is 1. The molecule has 1 fully saturated rings. The van der Waals surface area contributed by atoms with Crippen LogP contribution >= 0.6 is 0 Å². The normalized spacial score (nSPS) is 18.4. The molecule has 3 heterocycles. The molecule has 2 aromatic rings. The highest BCUT2D eigenvalue weighted by atomic mass is 16.7. The summed E-state index contributed by atoms with van der Waals surface area (Å²) in [5.41, 5.74) is 3.22. The Hall–Kier alpha value is -2.09. The van der Waals surface area contributed by atoms with Crippen LogP contribution in [0.1, 0.15) is 12.5 Å². The van der Waals surface area contributed by atoms with Crippen LogP contribution in [0, 0.1) is 0 Å². The van der Waals surface area contributed by atoms with Crippen molar-refractivity contribution in [3.8, 4) is 22.8 Å². The van der Waals surface area contributed by atoms with Crippen LogP contribution in [0.15, 0.2) is 24.4 Å². The van der Waals surface area contributed by atoms with E-state index in [0.29, 0.717) is 6.04 Å². The van der Waals surface area contributed by atoms with Gasteiger partial charge in [0.05, 0.1) is 25.1 Å². The van der Waals surface area contributed by atoms with Crippen LogP contribution in [0.25, 0.3) is 11.3 Å². The fourth-order valence-electron chi connectivity index (χ4n) is 3.31. The third-order valence-corrected chi connectivity index (χ3v) is 4.80. The van der Waals surface area contributed by atoms with Gasteiger partial charge in [0.25, 0.3) is 0 Å². The SMILES string of the molecule is CC(CNCc1cn[nH]c1-c1ccc2c(c1)OCO2)N1CCOCC1. The monoisotopic (exact) mass is 344 g/mol. The number of rotatable bonds is 6. The van der Waals surface area contributed by atoms with Crippen molar-refractivity contribution < 1.29 is 14.2 Å². The van der Waals surface area contributed by atoms with Crippen molar-refractivity contribution in [1.82, 2.24) is 20.4 Å². The van der Waals surface area contributed by atoms with Gasteiger partial charge in [0, 0.05) is 43.3 Å². The third-order valence-electron chi connectivity index (χ3n) is 4.80. The van der Waals surface area contributed by atoms with Crippen LogP contribution in [0.5, 0.6) is 11.5 Å². The summed E-state index contributed by atoms with van der Waals surface area (Å²) in [6, 6.07) is 6.46. The average Bonchev–Trinajstić information content (AvgIpc) is 3.30. The summed E-state index contributed by atoms with van der Waals surface area (Å²) in [5.74, 6) is 1.58. The van der Waals surface area contributed by atoms with Crippen molar-refractivity contribution in [2.45, 2.75) is 19.5 Å². The summed E-state index contributed by atoms with van der Waals surface area (Å²) in [7, 11) is 0. The number of hydrogen-bond acceptors (Lipinski definition) is 6. The Morgan fingerprint density at radius 3 is 2.96 bits per heavy atom. The number of fused-ring (bicyclic) bond motifs is 1. The zero-order chi connectivity index (χ0) is 17.1. The molecule has 25 heavy (non-hydrogen) atoms. The van der Waals surface area contributed by atoms with Gasteiger partial charge in [0.1, 0.15) is 0 Å². The standard InChI is InChI=1S/C18H24N4O3/c1-13(22-4-6-23-7-5-22)9-19-10-15-11-20-21-18(15)14-2-3-16-17(8-14)25-12-24-16/h2-3,8,11,13,19H,4-7,9-10,12H2,1H3,(H,20,21). The van der Waals surface area contributed by atoms with Gasteiger partial charge < -0.3 is 19.5 Å². The molecule has 134 valence electrons. The van der Waals surface area contributed by atoms with Crippen molar-refractivity contribution in [1.29, 1.82) is 0 Å². The Labute approximate surface area is 147 Å². The Balaban J connectivity index is 1.37. The third kappa shape index (κ3) is 3.63. The lowest BCUT2D eigenvalue weighted by molar-refractivity contribution is 0.0203. The predicted molar refractivity (Wildman–Crippen MR) is 93.7 cm³/mol. The summed E-state index contributed by atoms with van der Waals surface area (Å²) >= 11 is 0. The number of hydrogen-bond donors (Lipinski definition) is 2. The van der Waals surface area contributed by atoms with E-state index in [-0.39, 0.29) is 6.79 Å². The summed E-state index contributed by atoms with van der Waals surface area (Å²) in [6.07, 6.45) is 1.88. The Bertz CT molecular complexity index is 712. The van der Waals surface area contributed by atoms with E-state index in [1.54, 1.807) is 0 Å². The first-order valence-corrected chi connectivity index (χ1v) is 8.76. The molecule has 1 saturated heterocycles. The van der Waals surface area contributed by atoms with E-state index in [4.69, 9.17) is 14.2 Å². The lowest BCUT2D eigenvalue weighted by Crippen LogP contribution is -2.46. The first kappa shape index (κ1) is 16.4. The Kier molecular flexibility index (Phi) is 4.87. The van der Waals surface area contributed by atoms with Crippen LogP contribution in [0.2, 0.25) is 0 Å². The summed E-state index contributed by atoms with van der Waals surface area (Å²) < 4.78 is 16.3. The van der Waals surface area contributed by atoms with E-state index in [1.165, 1.54) is 0 Å². The van der Waals surface area contributed by atoms with Crippen LogP contribution in [0.4, 0.5) is 0 Å². The maximum atomic E-state index is 5.47. The lowest BCUT2D eigenvalue weighted by atomic mass is 10.1. The van der Waals surface area contributed by atoms with Gasteiger partial charge in [-0.2, -0.15) is 5.10 Å². The predicted octanol–water partition coefficient (Wildman–Crippen LogP) is 1.62. The smallest absolute Gasteiger partial charge is 0.231 e. The minimum atomic E-state index is 0.287. The average molecular weight is 344 g/mol. The van der Waals surface area contributed by atoms with E-state index in [0.717, 1.165) is 67.7 Å². The van der Waals surface area contributed by atoms with Crippen LogP contribution < -0.4 is 14.8 Å². The molecule has 7 nitrogen and oxygen atoms in total. The minimum Gasteiger partial charge on any atom is -0.454 e. The second-order valence-corrected chi connectivity index (χ2v) is 6.47. The van der Waals surface area contributed by atoms with Crippen molar-refractivity contribution in [3.63, 3.8) is 0 Å². The molecular formula is C18H24N4O3. The van der Waals surface area contributed by atoms with E-state index < -0.39 is 0 Å². The van der Waals surface area contributed by atoms with E-state index in [9.17, 15) is 0 Å². The van der Waals surface area contributed by atoms with Crippen LogP contribution in [-0.4, -0.2) is 60.8 Å². The fraction of sp³-hybridized carbons (Fsp3) is 0.500. The molecule has 0 aliphatic carbocycles. The summed E-state index contributed by atoms with van der Waals surface area (Å²) in [5, 5.41) is 10.9. The van der Waals surface area contributed by atoms with E-state index >= 15 is 0 Å². The molecule has 2 aliphatic rings. The summed E-state index contributed by atoms with van der Waals surface area (Å²) in [6.45, 7) is 7.94. The van der Waals surface area contributed by atoms with Gasteiger partial charge in [-0.15, -0.1) is 0 Å². The molecule has 1 atom stereocenters. The molecule has 2 aliphatic heterocycles. The second kappa shape index (κ2) is 7.43. The summed E-state index contributed by atoms with van der Waals surface area (Å²) in [4.78, 5) is 2.46. The molecule has 0 amide bonds. The van der Waals surface area contributed by atoms with Gasteiger partial charge in [0.15, 0.2) is 11.5 Å². The van der Waals surface area contributed by atoms with Gasteiger partial charge in [-0.1, -0.05) is 0 Å². The molecule has 0 saturated carbocycles. The molecular weight excluding hydrogens is 320 g/mol. The van der Waals surface area contributed by atoms with Gasteiger partial charge in [-0.25, -0.2) is 0 Å². The highest BCUT2D eigenvalue weighted by Crippen LogP contribution is 2.36. The Morgan fingerprint density at radius 2 is 2.08 bits per heavy atom. The lowest BCUT2D eigenvalue weighted by Gasteiger charge is -2.32. The number of nitrogens with zero attached hydrogens (tertiary/aromatic N) is 2. The zero-order valence-corrected chi connectivity index (χ0v) is 14.5. The van der Waals surface area contributed by atoms with Crippen molar-refractivity contribution in [2.75, 3.05) is 39.6 Å². The van der Waals surface area contributed by atoms with E-state index in [2.05, 4.69) is 27.3 Å². The largest absolute Gasteiger partial charge is 0.454 e. The highest BCUT2D eigenvalue weighted by Gasteiger charge is 2.18. The van der Waals surface area contributed by atoms with E-state index in [1.807, 2.05) is 24.4 Å². The number of aromatic amines is 1. The topological polar surface area (TPSA) is 71.6 Å². The number of H-pyrrole nitrogens is 1. The van der Waals surface area contributed by atoms with Crippen molar-refractivity contribution >= 4 is 0 Å².